The minimum atomic E-state index is 0.561. The van der Waals surface area contributed by atoms with Crippen molar-refractivity contribution in [2.45, 2.75) is 13.3 Å². The Bertz CT molecular complexity index is 549. The lowest BCUT2D eigenvalue weighted by atomic mass is 10.1. The molecule has 1 aromatic heterocycles. The molecule has 4 heteroatoms. The van der Waals surface area contributed by atoms with Crippen LogP contribution in [0.3, 0.4) is 0 Å². The SMILES string of the molecule is Cc1ccc(-c2nc(CCN)sc2C#N)cc1. The third-order valence-electron chi connectivity index (χ3n) is 2.46. The molecule has 0 spiro atoms. The quantitative estimate of drug-likeness (QED) is 0.900. The van der Waals surface area contributed by atoms with Crippen molar-refractivity contribution >= 4 is 11.3 Å². The number of nitrogens with two attached hydrogens (primary N) is 1. The number of hydrogen-bond donors (Lipinski definition) is 1. The normalized spacial score (nSPS) is 10.2. The molecule has 0 aliphatic rings. The first-order valence-corrected chi connectivity index (χ1v) is 6.23. The number of thiazole rings is 1. The first kappa shape index (κ1) is 11.8. The van der Waals surface area contributed by atoms with Crippen LogP contribution >= 0.6 is 11.3 Å². The van der Waals surface area contributed by atoms with E-state index < -0.39 is 0 Å². The largest absolute Gasteiger partial charge is 0.330 e. The number of aromatic nitrogens is 1. The minimum absolute atomic E-state index is 0.561. The van der Waals surface area contributed by atoms with Gasteiger partial charge in [0.05, 0.1) is 10.7 Å². The van der Waals surface area contributed by atoms with E-state index in [0.29, 0.717) is 11.4 Å². The van der Waals surface area contributed by atoms with Crippen LogP contribution < -0.4 is 5.73 Å². The van der Waals surface area contributed by atoms with Gasteiger partial charge in [0.1, 0.15) is 10.9 Å². The zero-order valence-corrected chi connectivity index (χ0v) is 10.4. The Kier molecular flexibility index (Phi) is 3.52. The molecule has 1 aromatic carbocycles. The van der Waals surface area contributed by atoms with Crippen molar-refractivity contribution in [3.63, 3.8) is 0 Å². The van der Waals surface area contributed by atoms with Crippen LogP contribution in [-0.4, -0.2) is 11.5 Å². The third kappa shape index (κ3) is 2.52. The van der Waals surface area contributed by atoms with Crippen LogP contribution in [-0.2, 0) is 6.42 Å². The highest BCUT2D eigenvalue weighted by Crippen LogP contribution is 2.27. The summed E-state index contributed by atoms with van der Waals surface area (Å²) in [7, 11) is 0. The van der Waals surface area contributed by atoms with E-state index in [2.05, 4.69) is 11.1 Å². The number of hydrogen-bond acceptors (Lipinski definition) is 4. The molecule has 17 heavy (non-hydrogen) atoms. The standard InChI is InChI=1S/C13H13N3S/c1-9-2-4-10(5-3-9)13-11(8-15)17-12(16-13)6-7-14/h2-5H,6-7,14H2,1H3. The van der Waals surface area contributed by atoms with Gasteiger partial charge >= 0.3 is 0 Å². The van der Waals surface area contributed by atoms with Gasteiger partial charge < -0.3 is 5.73 Å². The molecule has 2 aromatic rings. The molecule has 0 atom stereocenters. The molecule has 1 heterocycles. The van der Waals surface area contributed by atoms with Gasteiger partial charge in [0.15, 0.2) is 0 Å². The molecule has 2 rings (SSSR count). The maximum absolute atomic E-state index is 9.11. The number of nitriles is 1. The lowest BCUT2D eigenvalue weighted by molar-refractivity contribution is 0.954. The third-order valence-corrected chi connectivity index (χ3v) is 3.48. The molecule has 2 N–H and O–H groups in total. The first-order chi connectivity index (χ1) is 8.24. The van der Waals surface area contributed by atoms with E-state index in [4.69, 9.17) is 11.0 Å². The van der Waals surface area contributed by atoms with Crippen molar-refractivity contribution < 1.29 is 0 Å². The summed E-state index contributed by atoms with van der Waals surface area (Å²) >= 11 is 1.43. The van der Waals surface area contributed by atoms with Crippen LogP contribution in [0.2, 0.25) is 0 Å². The van der Waals surface area contributed by atoms with Crippen LogP contribution in [0.5, 0.6) is 0 Å². The van der Waals surface area contributed by atoms with Crippen molar-refractivity contribution in [2.24, 2.45) is 5.73 Å². The zero-order valence-electron chi connectivity index (χ0n) is 9.60. The average Bonchev–Trinajstić information content (AvgIpc) is 2.74. The van der Waals surface area contributed by atoms with Crippen molar-refractivity contribution in [1.29, 1.82) is 5.26 Å². The highest BCUT2D eigenvalue weighted by molar-refractivity contribution is 7.12. The van der Waals surface area contributed by atoms with E-state index >= 15 is 0 Å². The molecule has 0 unspecified atom stereocenters. The van der Waals surface area contributed by atoms with Crippen LogP contribution in [0.4, 0.5) is 0 Å². The van der Waals surface area contributed by atoms with E-state index in [1.54, 1.807) is 0 Å². The molecule has 0 radical (unpaired) electrons. The van der Waals surface area contributed by atoms with Crippen molar-refractivity contribution in [3.8, 4) is 17.3 Å². The van der Waals surface area contributed by atoms with E-state index in [0.717, 1.165) is 22.7 Å². The topological polar surface area (TPSA) is 62.7 Å². The summed E-state index contributed by atoms with van der Waals surface area (Å²) in [6.07, 6.45) is 0.727. The summed E-state index contributed by atoms with van der Waals surface area (Å²) in [5.74, 6) is 0. The Hall–Kier alpha value is -1.70. The predicted molar refractivity (Wildman–Crippen MR) is 69.8 cm³/mol. The second-order valence-corrected chi connectivity index (χ2v) is 4.89. The molecular weight excluding hydrogens is 230 g/mol. The minimum Gasteiger partial charge on any atom is -0.330 e. The van der Waals surface area contributed by atoms with Crippen LogP contribution in [0.1, 0.15) is 15.4 Å². The molecule has 0 aliphatic heterocycles. The highest BCUT2D eigenvalue weighted by Gasteiger charge is 2.12. The molecule has 0 fully saturated rings. The molecular formula is C13H13N3S. The van der Waals surface area contributed by atoms with Crippen LogP contribution in [0.25, 0.3) is 11.3 Å². The van der Waals surface area contributed by atoms with E-state index in [-0.39, 0.29) is 0 Å². The monoisotopic (exact) mass is 243 g/mol. The molecule has 0 amide bonds. The Labute approximate surface area is 105 Å². The fourth-order valence-electron chi connectivity index (χ4n) is 1.58. The number of rotatable bonds is 3. The first-order valence-electron chi connectivity index (χ1n) is 5.41. The fraction of sp³-hybridized carbons (Fsp3) is 0.231. The van der Waals surface area contributed by atoms with E-state index in [1.165, 1.54) is 16.9 Å². The van der Waals surface area contributed by atoms with Gasteiger partial charge in [-0.3, -0.25) is 0 Å². The maximum atomic E-state index is 9.11. The lowest BCUT2D eigenvalue weighted by Crippen LogP contribution is -2.01. The van der Waals surface area contributed by atoms with Crippen molar-refractivity contribution in [3.05, 3.63) is 39.7 Å². The fourth-order valence-corrected chi connectivity index (χ4v) is 2.48. The van der Waals surface area contributed by atoms with Gasteiger partial charge in [-0.05, 0) is 13.5 Å². The van der Waals surface area contributed by atoms with Gasteiger partial charge in [0.2, 0.25) is 0 Å². The summed E-state index contributed by atoms with van der Waals surface area (Å²) in [6.45, 7) is 2.60. The van der Waals surface area contributed by atoms with E-state index in [9.17, 15) is 0 Å². The molecule has 86 valence electrons. The van der Waals surface area contributed by atoms with Crippen LogP contribution in [0.15, 0.2) is 24.3 Å². The van der Waals surface area contributed by atoms with Gasteiger partial charge in [-0.15, -0.1) is 11.3 Å². The molecule has 0 aliphatic carbocycles. The summed E-state index contributed by atoms with van der Waals surface area (Å²) in [5.41, 5.74) is 8.47. The van der Waals surface area contributed by atoms with Gasteiger partial charge in [0, 0.05) is 12.0 Å². The van der Waals surface area contributed by atoms with Crippen molar-refractivity contribution in [1.82, 2.24) is 4.98 Å². The van der Waals surface area contributed by atoms with Gasteiger partial charge in [0.25, 0.3) is 0 Å². The Morgan fingerprint density at radius 3 is 2.65 bits per heavy atom. The maximum Gasteiger partial charge on any atom is 0.132 e. The van der Waals surface area contributed by atoms with E-state index in [1.807, 2.05) is 31.2 Å². The summed E-state index contributed by atoms with van der Waals surface area (Å²) in [4.78, 5) is 5.15. The Balaban J connectivity index is 2.44. The van der Waals surface area contributed by atoms with Gasteiger partial charge in [-0.1, -0.05) is 29.8 Å². The Morgan fingerprint density at radius 1 is 1.35 bits per heavy atom. The highest BCUT2D eigenvalue weighted by atomic mass is 32.1. The number of aryl methyl sites for hydroxylation is 1. The zero-order chi connectivity index (χ0) is 12.3. The second-order valence-electron chi connectivity index (χ2n) is 3.80. The van der Waals surface area contributed by atoms with Crippen LogP contribution in [0, 0.1) is 18.3 Å². The summed E-state index contributed by atoms with van der Waals surface area (Å²) < 4.78 is 0. The summed E-state index contributed by atoms with van der Waals surface area (Å²) in [6, 6.07) is 10.3. The Morgan fingerprint density at radius 2 is 2.06 bits per heavy atom. The summed E-state index contributed by atoms with van der Waals surface area (Å²) in [5, 5.41) is 10.0. The van der Waals surface area contributed by atoms with Gasteiger partial charge in [-0.25, -0.2) is 4.98 Å². The predicted octanol–water partition coefficient (Wildman–Crippen LogP) is 2.49. The van der Waals surface area contributed by atoms with Crippen molar-refractivity contribution in [2.75, 3.05) is 6.54 Å². The molecule has 3 nitrogen and oxygen atoms in total. The number of nitrogens with zero attached hydrogens (tertiary/aromatic N) is 2. The number of benzene rings is 1. The van der Waals surface area contributed by atoms with Gasteiger partial charge in [-0.2, -0.15) is 5.26 Å². The second kappa shape index (κ2) is 5.09. The smallest absolute Gasteiger partial charge is 0.132 e. The molecule has 0 bridgehead atoms. The molecule has 0 saturated carbocycles. The molecule has 0 saturated heterocycles. The average molecular weight is 243 g/mol. The lowest BCUT2D eigenvalue weighted by Gasteiger charge is -1.98.